The van der Waals surface area contributed by atoms with Gasteiger partial charge in [-0.2, -0.15) is 0 Å². The molecule has 1 fully saturated rings. The number of rotatable bonds is 10. The van der Waals surface area contributed by atoms with Crippen LogP contribution in [0.25, 0.3) is 0 Å². The van der Waals surface area contributed by atoms with E-state index in [2.05, 4.69) is 10.3 Å². The molecule has 1 amide bonds. The van der Waals surface area contributed by atoms with Gasteiger partial charge in [0.25, 0.3) is 0 Å². The Kier molecular flexibility index (Phi) is 7.25. The van der Waals surface area contributed by atoms with Crippen LogP contribution in [0.15, 0.2) is 54.7 Å². The van der Waals surface area contributed by atoms with E-state index < -0.39 is 11.6 Å². The van der Waals surface area contributed by atoms with Gasteiger partial charge in [0.2, 0.25) is 11.8 Å². The summed E-state index contributed by atoms with van der Waals surface area (Å²) < 4.78 is 46.1. The molecule has 0 radical (unpaired) electrons. The van der Waals surface area contributed by atoms with E-state index in [9.17, 15) is 13.6 Å². The van der Waals surface area contributed by atoms with Gasteiger partial charge in [-0.15, -0.1) is 0 Å². The Hall–Kier alpha value is -3.68. The smallest absolute Gasteiger partial charge is 0.217 e. The van der Waals surface area contributed by atoms with Gasteiger partial charge >= 0.3 is 0 Å². The van der Waals surface area contributed by atoms with E-state index in [0.717, 1.165) is 17.7 Å². The molecule has 1 N–H and O–H groups in total. The summed E-state index contributed by atoms with van der Waals surface area (Å²) in [6, 6.07) is 12.3. The van der Waals surface area contributed by atoms with Gasteiger partial charge < -0.3 is 19.5 Å². The molecule has 178 valence electrons. The molecule has 1 heterocycles. The van der Waals surface area contributed by atoms with Gasteiger partial charge in [-0.05, 0) is 43.4 Å². The molecule has 0 unspecified atom stereocenters. The number of aromatic nitrogens is 1. The molecule has 8 heteroatoms. The molecular weight excluding hydrogens is 442 g/mol. The maximum absolute atomic E-state index is 14.6. The number of ether oxygens (including phenoxy) is 3. The van der Waals surface area contributed by atoms with Crippen LogP contribution < -0.4 is 19.5 Å². The van der Waals surface area contributed by atoms with Crippen molar-refractivity contribution >= 4 is 5.91 Å². The third kappa shape index (κ3) is 6.43. The van der Waals surface area contributed by atoms with Crippen molar-refractivity contribution in [2.75, 3.05) is 6.61 Å². The van der Waals surface area contributed by atoms with Crippen LogP contribution in [0.5, 0.6) is 23.1 Å². The summed E-state index contributed by atoms with van der Waals surface area (Å²) in [5, 5.41) is 2.75. The number of benzene rings is 2. The minimum atomic E-state index is -0.785. The number of nitrogens with one attached hydrogen (secondary N) is 1. The van der Waals surface area contributed by atoms with Crippen molar-refractivity contribution in [1.29, 1.82) is 0 Å². The number of halogens is 2. The first-order chi connectivity index (χ1) is 16.4. The van der Waals surface area contributed by atoms with Crippen LogP contribution in [0.4, 0.5) is 8.78 Å². The first kappa shape index (κ1) is 23.5. The van der Waals surface area contributed by atoms with Gasteiger partial charge in [0.05, 0.1) is 18.2 Å². The van der Waals surface area contributed by atoms with Crippen LogP contribution in [-0.4, -0.2) is 17.5 Å². The number of hydrogen-bond donors (Lipinski definition) is 1. The fourth-order valence-corrected chi connectivity index (χ4v) is 3.31. The topological polar surface area (TPSA) is 69.7 Å². The average molecular weight is 469 g/mol. The maximum atomic E-state index is 14.6. The highest BCUT2D eigenvalue weighted by Gasteiger charge is 2.22. The number of carbonyl (C=O) groups is 1. The maximum Gasteiger partial charge on any atom is 0.217 e. The predicted octanol–water partition coefficient (Wildman–Crippen LogP) is 5.72. The summed E-state index contributed by atoms with van der Waals surface area (Å²) in [5.41, 5.74) is 0.551. The first-order valence-electron chi connectivity index (χ1n) is 11.1. The van der Waals surface area contributed by atoms with Gasteiger partial charge in [0.15, 0.2) is 0 Å². The second kappa shape index (κ2) is 10.5. The number of pyridine rings is 1. The van der Waals surface area contributed by atoms with Gasteiger partial charge in [0, 0.05) is 37.4 Å². The minimum Gasteiger partial charge on any atom is -0.493 e. The number of amides is 1. The lowest BCUT2D eigenvalue weighted by Crippen LogP contribution is -2.23. The van der Waals surface area contributed by atoms with Gasteiger partial charge in [-0.25, -0.2) is 13.8 Å². The Morgan fingerprint density at radius 3 is 2.44 bits per heavy atom. The Bertz CT molecular complexity index is 1130. The molecule has 6 nitrogen and oxygen atoms in total. The van der Waals surface area contributed by atoms with Crippen molar-refractivity contribution in [2.24, 2.45) is 5.92 Å². The average Bonchev–Trinajstić information content (AvgIpc) is 3.62. The van der Waals surface area contributed by atoms with Crippen molar-refractivity contribution in [2.45, 2.75) is 39.3 Å². The molecule has 0 bridgehead atoms. The van der Waals surface area contributed by atoms with Crippen LogP contribution >= 0.6 is 0 Å². The summed E-state index contributed by atoms with van der Waals surface area (Å²) in [6.45, 7) is 3.58. The SMILES string of the molecule is CC(=O)N[C@@H](C)c1ccc(OCc2c(F)cc(Oc3cccc(OCC4CC4)c3)cc2F)nc1. The summed E-state index contributed by atoms with van der Waals surface area (Å²) in [4.78, 5) is 15.3. The Labute approximate surface area is 196 Å². The van der Waals surface area contributed by atoms with Crippen molar-refractivity contribution in [1.82, 2.24) is 10.3 Å². The monoisotopic (exact) mass is 468 g/mol. The lowest BCUT2D eigenvalue weighted by molar-refractivity contribution is -0.119. The molecule has 1 atom stereocenters. The van der Waals surface area contributed by atoms with Crippen molar-refractivity contribution in [3.8, 4) is 23.1 Å². The molecular formula is C26H26F2N2O4. The zero-order valence-electron chi connectivity index (χ0n) is 19.0. The predicted molar refractivity (Wildman–Crippen MR) is 122 cm³/mol. The molecule has 1 saturated carbocycles. The third-order valence-corrected chi connectivity index (χ3v) is 5.38. The molecule has 1 aliphatic carbocycles. The van der Waals surface area contributed by atoms with Crippen molar-refractivity contribution in [3.63, 3.8) is 0 Å². The molecule has 2 aromatic carbocycles. The van der Waals surface area contributed by atoms with Crippen LogP contribution in [0, 0.1) is 17.6 Å². The fourth-order valence-electron chi connectivity index (χ4n) is 3.31. The summed E-state index contributed by atoms with van der Waals surface area (Å²) in [7, 11) is 0. The van der Waals surface area contributed by atoms with Crippen molar-refractivity contribution < 1.29 is 27.8 Å². The molecule has 1 aromatic heterocycles. The van der Waals surface area contributed by atoms with E-state index in [1.54, 1.807) is 36.5 Å². The normalized spacial score (nSPS) is 13.8. The highest BCUT2D eigenvalue weighted by Crippen LogP contribution is 2.32. The van der Waals surface area contributed by atoms with Gasteiger partial charge in [-0.1, -0.05) is 12.1 Å². The Balaban J connectivity index is 1.37. The summed E-state index contributed by atoms with van der Waals surface area (Å²) in [6.07, 6.45) is 3.91. The second-order valence-electron chi connectivity index (χ2n) is 8.34. The molecule has 1 aliphatic rings. The second-order valence-corrected chi connectivity index (χ2v) is 8.34. The number of carbonyl (C=O) groups excluding carboxylic acids is 1. The Morgan fingerprint density at radius 2 is 1.79 bits per heavy atom. The quantitative estimate of drug-likeness (QED) is 0.412. The van der Waals surface area contributed by atoms with Gasteiger partial charge in [-0.3, -0.25) is 4.79 Å². The summed E-state index contributed by atoms with van der Waals surface area (Å²) in [5.74, 6) is 0.213. The lowest BCUT2D eigenvalue weighted by Gasteiger charge is -2.13. The Morgan fingerprint density at radius 1 is 1.06 bits per heavy atom. The van der Waals surface area contributed by atoms with E-state index in [0.29, 0.717) is 24.0 Å². The van der Waals surface area contributed by atoms with E-state index in [1.807, 2.05) is 13.0 Å². The third-order valence-electron chi connectivity index (χ3n) is 5.38. The zero-order chi connectivity index (χ0) is 24.1. The molecule has 3 aromatic rings. The molecule has 0 aliphatic heterocycles. The molecule has 0 spiro atoms. The van der Waals surface area contributed by atoms with E-state index >= 15 is 0 Å². The van der Waals surface area contributed by atoms with E-state index in [4.69, 9.17) is 14.2 Å². The fraction of sp³-hybridized carbons (Fsp3) is 0.308. The highest BCUT2D eigenvalue weighted by atomic mass is 19.1. The number of hydrogen-bond acceptors (Lipinski definition) is 5. The molecule has 34 heavy (non-hydrogen) atoms. The summed E-state index contributed by atoms with van der Waals surface area (Å²) >= 11 is 0. The number of nitrogens with zero attached hydrogens (tertiary/aromatic N) is 1. The van der Waals surface area contributed by atoms with E-state index in [1.165, 1.54) is 19.8 Å². The zero-order valence-corrected chi connectivity index (χ0v) is 19.0. The first-order valence-corrected chi connectivity index (χ1v) is 11.1. The highest BCUT2D eigenvalue weighted by molar-refractivity contribution is 5.73. The van der Waals surface area contributed by atoms with Crippen molar-refractivity contribution in [3.05, 3.63) is 77.5 Å². The standard InChI is InChI=1S/C26H26F2N2O4/c1-16(30-17(2)31)19-8-9-26(29-13-19)33-15-23-24(27)11-22(12-25(23)28)34-21-5-3-4-20(10-21)32-14-18-6-7-18/h3-5,8-13,16,18H,6-7,14-15H2,1-2H3,(H,30,31)/t16-/m0/s1. The minimum absolute atomic E-state index is 0.0347. The largest absolute Gasteiger partial charge is 0.493 e. The van der Waals surface area contributed by atoms with E-state index in [-0.39, 0.29) is 35.7 Å². The van der Waals surface area contributed by atoms with Crippen LogP contribution in [0.2, 0.25) is 0 Å². The van der Waals surface area contributed by atoms with Crippen LogP contribution in [0.3, 0.4) is 0 Å². The van der Waals surface area contributed by atoms with Gasteiger partial charge in [0.1, 0.15) is 35.5 Å². The lowest BCUT2D eigenvalue weighted by atomic mass is 10.1. The van der Waals surface area contributed by atoms with Crippen LogP contribution in [0.1, 0.15) is 43.9 Å². The molecule has 4 rings (SSSR count). The molecule has 0 saturated heterocycles. The van der Waals surface area contributed by atoms with Crippen LogP contribution in [-0.2, 0) is 11.4 Å².